The summed E-state index contributed by atoms with van der Waals surface area (Å²) in [5.41, 5.74) is 0.376. The van der Waals surface area contributed by atoms with Crippen molar-refractivity contribution in [1.82, 2.24) is 14.7 Å². The number of aromatic nitrogens is 2. The molecule has 0 aliphatic carbocycles. The lowest BCUT2D eigenvalue weighted by Crippen LogP contribution is -2.41. The summed E-state index contributed by atoms with van der Waals surface area (Å²) in [4.78, 5) is 36.9. The highest BCUT2D eigenvalue weighted by Crippen LogP contribution is 2.23. The zero-order valence-electron chi connectivity index (χ0n) is 16.9. The first-order chi connectivity index (χ1) is 14.4. The number of esters is 1. The third-order valence-electron chi connectivity index (χ3n) is 4.84. The van der Waals surface area contributed by atoms with Crippen LogP contribution in [0.15, 0.2) is 30.5 Å². The van der Waals surface area contributed by atoms with Crippen LogP contribution in [-0.4, -0.2) is 57.8 Å². The number of ether oxygens (including phenoxy) is 2. The molecule has 0 spiro atoms. The molecule has 1 aliphatic rings. The van der Waals surface area contributed by atoms with Gasteiger partial charge in [-0.15, -0.1) is 0 Å². The van der Waals surface area contributed by atoms with Crippen LogP contribution in [0.4, 0.5) is 5.69 Å². The van der Waals surface area contributed by atoms with E-state index in [0.29, 0.717) is 24.7 Å². The van der Waals surface area contributed by atoms with Crippen LogP contribution < -0.4 is 4.74 Å². The minimum absolute atomic E-state index is 0.0602. The van der Waals surface area contributed by atoms with E-state index in [-0.39, 0.29) is 36.3 Å². The van der Waals surface area contributed by atoms with Crippen molar-refractivity contribution >= 4 is 17.6 Å². The van der Waals surface area contributed by atoms with E-state index in [9.17, 15) is 19.7 Å². The number of carbonyl (C=O) groups is 2. The summed E-state index contributed by atoms with van der Waals surface area (Å²) >= 11 is 0. The number of rotatable bonds is 7. The molecule has 10 nitrogen and oxygen atoms in total. The Kier molecular flexibility index (Phi) is 6.65. The van der Waals surface area contributed by atoms with Gasteiger partial charge in [-0.2, -0.15) is 5.10 Å². The van der Waals surface area contributed by atoms with E-state index >= 15 is 0 Å². The molecule has 1 aromatic heterocycles. The Labute approximate surface area is 173 Å². The zero-order valence-corrected chi connectivity index (χ0v) is 16.9. The zero-order chi connectivity index (χ0) is 21.7. The fourth-order valence-corrected chi connectivity index (χ4v) is 3.31. The molecule has 10 heteroatoms. The highest BCUT2D eigenvalue weighted by Gasteiger charge is 2.24. The van der Waals surface area contributed by atoms with E-state index < -0.39 is 10.9 Å². The van der Waals surface area contributed by atoms with E-state index in [4.69, 9.17) is 9.47 Å². The van der Waals surface area contributed by atoms with E-state index in [2.05, 4.69) is 12.0 Å². The molecule has 0 bridgehead atoms. The van der Waals surface area contributed by atoms with Gasteiger partial charge in [0.15, 0.2) is 12.4 Å². The van der Waals surface area contributed by atoms with Crippen molar-refractivity contribution in [1.29, 1.82) is 0 Å². The summed E-state index contributed by atoms with van der Waals surface area (Å²) in [6.45, 7) is 5.10. The summed E-state index contributed by atoms with van der Waals surface area (Å²) in [6.07, 6.45) is 3.51. The molecule has 30 heavy (non-hydrogen) atoms. The average Bonchev–Trinajstić information content (AvgIpc) is 3.16. The summed E-state index contributed by atoms with van der Waals surface area (Å²) < 4.78 is 12.0. The Morgan fingerprint density at radius 1 is 1.30 bits per heavy atom. The van der Waals surface area contributed by atoms with Gasteiger partial charge in [-0.05, 0) is 37.8 Å². The Morgan fingerprint density at radius 2 is 2.03 bits per heavy atom. The van der Waals surface area contributed by atoms with Crippen molar-refractivity contribution in [2.75, 3.05) is 26.3 Å². The number of nitro groups is 1. The van der Waals surface area contributed by atoms with E-state index in [1.165, 1.54) is 35.1 Å². The molecule has 2 heterocycles. The first-order valence-corrected chi connectivity index (χ1v) is 9.81. The average molecular weight is 416 g/mol. The predicted octanol–water partition coefficient (Wildman–Crippen LogP) is 2.59. The van der Waals surface area contributed by atoms with Gasteiger partial charge in [0.25, 0.3) is 11.6 Å². The molecule has 0 N–H and O–H groups in total. The monoisotopic (exact) mass is 416 g/mol. The number of amides is 1. The van der Waals surface area contributed by atoms with Crippen molar-refractivity contribution in [3.63, 3.8) is 0 Å². The Bertz CT molecular complexity index is 924. The SMILES string of the molecule is CCOC(=O)c1nn(-c2ccc([N+](=O)[O-])cc2)cc1OCC(=O)N1CCCC(C)C1. The van der Waals surface area contributed by atoms with Crippen LogP contribution in [0.3, 0.4) is 0 Å². The topological polar surface area (TPSA) is 117 Å². The molecule has 160 valence electrons. The minimum Gasteiger partial charge on any atom is -0.480 e. The van der Waals surface area contributed by atoms with Crippen molar-refractivity contribution in [2.45, 2.75) is 26.7 Å². The fraction of sp³-hybridized carbons (Fsp3) is 0.450. The number of benzene rings is 1. The lowest BCUT2D eigenvalue weighted by Gasteiger charge is -2.30. The van der Waals surface area contributed by atoms with Crippen LogP contribution in [0.1, 0.15) is 37.2 Å². The summed E-state index contributed by atoms with van der Waals surface area (Å²) in [5, 5.41) is 15.0. The quantitative estimate of drug-likeness (QED) is 0.387. The molecule has 1 atom stereocenters. The third kappa shape index (κ3) is 4.94. The first-order valence-electron chi connectivity index (χ1n) is 9.81. The van der Waals surface area contributed by atoms with E-state index in [1.54, 1.807) is 11.8 Å². The number of piperidine rings is 1. The van der Waals surface area contributed by atoms with Crippen LogP contribution >= 0.6 is 0 Å². The van der Waals surface area contributed by atoms with Crippen LogP contribution in [-0.2, 0) is 9.53 Å². The Morgan fingerprint density at radius 3 is 2.67 bits per heavy atom. The number of nitrogens with zero attached hydrogens (tertiary/aromatic N) is 4. The smallest absolute Gasteiger partial charge is 0.362 e. The lowest BCUT2D eigenvalue weighted by molar-refractivity contribution is -0.384. The second-order valence-electron chi connectivity index (χ2n) is 7.16. The van der Waals surface area contributed by atoms with Gasteiger partial charge in [-0.3, -0.25) is 14.9 Å². The number of likely N-dealkylation sites (tertiary alicyclic amines) is 1. The summed E-state index contributed by atoms with van der Waals surface area (Å²) in [5.74, 6) is -0.264. The molecule has 3 rings (SSSR count). The molecule has 2 aromatic rings. The summed E-state index contributed by atoms with van der Waals surface area (Å²) in [7, 11) is 0. The van der Waals surface area contributed by atoms with E-state index in [1.807, 2.05) is 0 Å². The van der Waals surface area contributed by atoms with Crippen LogP contribution in [0, 0.1) is 16.0 Å². The standard InChI is InChI=1S/C20H24N4O6/c1-3-29-20(26)19-17(30-13-18(25)22-10-4-5-14(2)11-22)12-23(21-19)15-6-8-16(9-7-15)24(27)28/h6-9,12,14H,3-5,10-11,13H2,1-2H3. The molecule has 1 aromatic carbocycles. The molecule has 0 radical (unpaired) electrons. The van der Waals surface area contributed by atoms with Gasteiger partial charge < -0.3 is 14.4 Å². The maximum Gasteiger partial charge on any atom is 0.362 e. The van der Waals surface area contributed by atoms with Crippen molar-refractivity contribution in [3.8, 4) is 11.4 Å². The van der Waals surface area contributed by atoms with E-state index in [0.717, 1.165) is 12.8 Å². The fourth-order valence-electron chi connectivity index (χ4n) is 3.31. The maximum absolute atomic E-state index is 12.5. The molecule has 1 saturated heterocycles. The van der Waals surface area contributed by atoms with Crippen LogP contribution in [0.5, 0.6) is 5.75 Å². The lowest BCUT2D eigenvalue weighted by atomic mass is 10.0. The predicted molar refractivity (Wildman–Crippen MR) is 107 cm³/mol. The normalized spacial score (nSPS) is 16.2. The summed E-state index contributed by atoms with van der Waals surface area (Å²) in [6, 6.07) is 5.68. The third-order valence-corrected chi connectivity index (χ3v) is 4.84. The molecular formula is C20H24N4O6. The van der Waals surface area contributed by atoms with Gasteiger partial charge in [0, 0.05) is 25.2 Å². The second kappa shape index (κ2) is 9.38. The van der Waals surface area contributed by atoms with Gasteiger partial charge in [0.1, 0.15) is 0 Å². The highest BCUT2D eigenvalue weighted by molar-refractivity contribution is 5.90. The number of hydrogen-bond donors (Lipinski definition) is 0. The molecule has 1 unspecified atom stereocenters. The Balaban J connectivity index is 1.78. The largest absolute Gasteiger partial charge is 0.480 e. The van der Waals surface area contributed by atoms with Crippen molar-refractivity contribution in [3.05, 3.63) is 46.3 Å². The van der Waals surface area contributed by atoms with Gasteiger partial charge in [0.2, 0.25) is 5.69 Å². The minimum atomic E-state index is -0.674. The molecule has 1 amide bonds. The number of carbonyl (C=O) groups excluding carboxylic acids is 2. The van der Waals surface area contributed by atoms with Gasteiger partial charge in [-0.25, -0.2) is 9.48 Å². The number of hydrogen-bond acceptors (Lipinski definition) is 7. The Hall–Kier alpha value is -3.43. The van der Waals surface area contributed by atoms with Crippen LogP contribution in [0.2, 0.25) is 0 Å². The first kappa shape index (κ1) is 21.3. The molecule has 0 saturated carbocycles. The molecule has 1 aliphatic heterocycles. The highest BCUT2D eigenvalue weighted by atomic mass is 16.6. The number of non-ortho nitro benzene ring substituents is 1. The van der Waals surface area contributed by atoms with Crippen molar-refractivity contribution < 1.29 is 24.0 Å². The maximum atomic E-state index is 12.5. The van der Waals surface area contributed by atoms with Gasteiger partial charge in [-0.1, -0.05) is 6.92 Å². The molecule has 1 fully saturated rings. The molecular weight excluding hydrogens is 392 g/mol. The second-order valence-corrected chi connectivity index (χ2v) is 7.16. The van der Waals surface area contributed by atoms with Gasteiger partial charge in [0.05, 0.1) is 23.4 Å². The van der Waals surface area contributed by atoms with Crippen molar-refractivity contribution in [2.24, 2.45) is 5.92 Å². The van der Waals surface area contributed by atoms with Gasteiger partial charge >= 0.3 is 5.97 Å². The van der Waals surface area contributed by atoms with Crippen LogP contribution in [0.25, 0.3) is 5.69 Å². The number of nitro benzene ring substituents is 1.